The Labute approximate surface area is 96.9 Å². The summed E-state index contributed by atoms with van der Waals surface area (Å²) in [4.78, 5) is 11.4. The molecule has 0 aromatic carbocycles. The standard InChI is InChI=1S/C10H20N2O3S/c1-8(9-3-5-11-6-4-9)12-10(13)7-16(2,14)15/h8-9,11H,3-7H2,1-2H3,(H,12,13). The molecule has 1 amide bonds. The lowest BCUT2D eigenvalue weighted by molar-refractivity contribution is -0.119. The van der Waals surface area contributed by atoms with Crippen LogP contribution in [0.1, 0.15) is 19.8 Å². The average molecular weight is 248 g/mol. The molecule has 0 radical (unpaired) electrons. The quantitative estimate of drug-likeness (QED) is 0.705. The van der Waals surface area contributed by atoms with Crippen molar-refractivity contribution in [1.29, 1.82) is 0 Å². The third-order valence-corrected chi connectivity index (χ3v) is 3.66. The summed E-state index contributed by atoms with van der Waals surface area (Å²) < 4.78 is 21.9. The first-order chi connectivity index (χ1) is 7.38. The first-order valence-corrected chi connectivity index (χ1v) is 7.62. The average Bonchev–Trinajstić information content (AvgIpc) is 2.16. The summed E-state index contributed by atoms with van der Waals surface area (Å²) in [5.41, 5.74) is 0. The molecule has 0 aromatic rings. The van der Waals surface area contributed by atoms with E-state index in [0.717, 1.165) is 32.2 Å². The molecule has 5 nitrogen and oxygen atoms in total. The Hall–Kier alpha value is -0.620. The number of sulfone groups is 1. The Morgan fingerprint density at radius 3 is 2.50 bits per heavy atom. The summed E-state index contributed by atoms with van der Waals surface area (Å²) in [6.07, 6.45) is 3.13. The molecule has 0 aromatic heterocycles. The summed E-state index contributed by atoms with van der Waals surface area (Å²) in [5, 5.41) is 6.01. The van der Waals surface area contributed by atoms with E-state index in [9.17, 15) is 13.2 Å². The smallest absolute Gasteiger partial charge is 0.235 e. The molecule has 0 aliphatic carbocycles. The van der Waals surface area contributed by atoms with Crippen LogP contribution in [0.5, 0.6) is 0 Å². The van der Waals surface area contributed by atoms with E-state index in [1.807, 2.05) is 6.92 Å². The number of nitrogens with one attached hydrogen (secondary N) is 2. The summed E-state index contributed by atoms with van der Waals surface area (Å²) >= 11 is 0. The first kappa shape index (κ1) is 13.4. The number of carbonyl (C=O) groups is 1. The highest BCUT2D eigenvalue weighted by Gasteiger charge is 2.22. The van der Waals surface area contributed by atoms with Gasteiger partial charge in [-0.05, 0) is 38.8 Å². The van der Waals surface area contributed by atoms with Crippen LogP contribution in [-0.4, -0.2) is 45.5 Å². The molecule has 0 spiro atoms. The van der Waals surface area contributed by atoms with Crippen LogP contribution in [0.4, 0.5) is 0 Å². The lowest BCUT2D eigenvalue weighted by Gasteiger charge is -2.28. The topological polar surface area (TPSA) is 75.3 Å². The molecule has 1 unspecified atom stereocenters. The molecular formula is C10H20N2O3S. The molecule has 2 N–H and O–H groups in total. The van der Waals surface area contributed by atoms with Gasteiger partial charge in [0.15, 0.2) is 9.84 Å². The molecule has 1 rings (SSSR count). The fourth-order valence-electron chi connectivity index (χ4n) is 2.00. The van der Waals surface area contributed by atoms with Crippen molar-refractivity contribution >= 4 is 15.7 Å². The van der Waals surface area contributed by atoms with Gasteiger partial charge < -0.3 is 10.6 Å². The number of rotatable bonds is 4. The zero-order valence-corrected chi connectivity index (χ0v) is 10.6. The molecule has 1 aliphatic heterocycles. The molecule has 6 heteroatoms. The van der Waals surface area contributed by atoms with Crippen LogP contribution in [0.15, 0.2) is 0 Å². The fourth-order valence-corrected chi connectivity index (χ4v) is 2.56. The molecule has 94 valence electrons. The van der Waals surface area contributed by atoms with Crippen molar-refractivity contribution in [2.24, 2.45) is 5.92 Å². The van der Waals surface area contributed by atoms with Crippen molar-refractivity contribution in [3.8, 4) is 0 Å². The number of amides is 1. The maximum Gasteiger partial charge on any atom is 0.235 e. The Balaban J connectivity index is 2.38. The highest BCUT2D eigenvalue weighted by atomic mass is 32.2. The highest BCUT2D eigenvalue weighted by Crippen LogP contribution is 2.15. The molecule has 1 heterocycles. The lowest BCUT2D eigenvalue weighted by atomic mass is 9.91. The summed E-state index contributed by atoms with van der Waals surface area (Å²) in [5.74, 6) is -0.360. The van der Waals surface area contributed by atoms with Gasteiger partial charge in [-0.1, -0.05) is 0 Å². The van der Waals surface area contributed by atoms with Crippen molar-refractivity contribution in [1.82, 2.24) is 10.6 Å². The number of hydrogen-bond donors (Lipinski definition) is 2. The van der Waals surface area contributed by atoms with Crippen LogP contribution in [-0.2, 0) is 14.6 Å². The Bertz CT molecular complexity index is 334. The molecule has 1 atom stereocenters. The molecule has 1 aliphatic rings. The van der Waals surface area contributed by atoms with Crippen LogP contribution >= 0.6 is 0 Å². The van der Waals surface area contributed by atoms with Crippen molar-refractivity contribution in [3.05, 3.63) is 0 Å². The van der Waals surface area contributed by atoms with Crippen LogP contribution < -0.4 is 10.6 Å². The Kier molecular flexibility index (Phi) is 4.73. The van der Waals surface area contributed by atoms with Gasteiger partial charge in [0.05, 0.1) is 0 Å². The van der Waals surface area contributed by atoms with Gasteiger partial charge in [-0.3, -0.25) is 4.79 Å². The largest absolute Gasteiger partial charge is 0.352 e. The van der Waals surface area contributed by atoms with E-state index in [-0.39, 0.29) is 6.04 Å². The molecule has 16 heavy (non-hydrogen) atoms. The van der Waals surface area contributed by atoms with Crippen LogP contribution in [0.2, 0.25) is 0 Å². The second kappa shape index (κ2) is 5.63. The highest BCUT2D eigenvalue weighted by molar-refractivity contribution is 7.91. The van der Waals surface area contributed by atoms with E-state index in [4.69, 9.17) is 0 Å². The first-order valence-electron chi connectivity index (χ1n) is 5.56. The third-order valence-electron chi connectivity index (χ3n) is 2.87. The van der Waals surface area contributed by atoms with Gasteiger partial charge in [0.1, 0.15) is 5.75 Å². The van der Waals surface area contributed by atoms with Crippen molar-refractivity contribution in [3.63, 3.8) is 0 Å². The zero-order chi connectivity index (χ0) is 12.2. The summed E-state index contributed by atoms with van der Waals surface area (Å²) in [7, 11) is -3.22. The van der Waals surface area contributed by atoms with Crippen LogP contribution in [0, 0.1) is 5.92 Å². The second-order valence-electron chi connectivity index (χ2n) is 4.51. The minimum absolute atomic E-state index is 0.0522. The van der Waals surface area contributed by atoms with E-state index >= 15 is 0 Å². The van der Waals surface area contributed by atoms with Crippen LogP contribution in [0.3, 0.4) is 0 Å². The van der Waals surface area contributed by atoms with Gasteiger partial charge in [0.2, 0.25) is 5.91 Å². The number of hydrogen-bond acceptors (Lipinski definition) is 4. The maximum absolute atomic E-state index is 11.4. The SMILES string of the molecule is CC(NC(=O)CS(C)(=O)=O)C1CCNCC1. The third kappa shape index (κ3) is 4.94. The molecule has 1 fully saturated rings. The molecule has 1 saturated heterocycles. The summed E-state index contributed by atoms with van der Waals surface area (Å²) in [6, 6.07) is 0.0522. The van der Waals surface area contributed by atoms with Crippen molar-refractivity contribution < 1.29 is 13.2 Å². The van der Waals surface area contributed by atoms with E-state index in [1.165, 1.54) is 0 Å². The Morgan fingerprint density at radius 1 is 1.44 bits per heavy atom. The predicted molar refractivity (Wildman–Crippen MR) is 62.9 cm³/mol. The molecule has 0 bridgehead atoms. The Morgan fingerprint density at radius 2 is 2.00 bits per heavy atom. The molecule has 0 saturated carbocycles. The van der Waals surface area contributed by atoms with Gasteiger partial charge in [-0.2, -0.15) is 0 Å². The fraction of sp³-hybridized carbons (Fsp3) is 0.900. The minimum atomic E-state index is -3.22. The van der Waals surface area contributed by atoms with E-state index in [0.29, 0.717) is 5.92 Å². The van der Waals surface area contributed by atoms with Gasteiger partial charge in [0.25, 0.3) is 0 Å². The normalized spacial score (nSPS) is 20.4. The van der Waals surface area contributed by atoms with Crippen molar-refractivity contribution in [2.45, 2.75) is 25.8 Å². The minimum Gasteiger partial charge on any atom is -0.352 e. The number of piperidine rings is 1. The predicted octanol–water partition coefficient (Wildman–Crippen LogP) is -0.465. The zero-order valence-electron chi connectivity index (χ0n) is 9.82. The van der Waals surface area contributed by atoms with Gasteiger partial charge in [-0.25, -0.2) is 8.42 Å². The maximum atomic E-state index is 11.4. The molecular weight excluding hydrogens is 228 g/mol. The van der Waals surface area contributed by atoms with Crippen molar-refractivity contribution in [2.75, 3.05) is 25.1 Å². The lowest BCUT2D eigenvalue weighted by Crippen LogP contribution is -2.44. The van der Waals surface area contributed by atoms with Gasteiger partial charge in [-0.15, -0.1) is 0 Å². The van der Waals surface area contributed by atoms with E-state index < -0.39 is 21.5 Å². The van der Waals surface area contributed by atoms with Gasteiger partial charge >= 0.3 is 0 Å². The van der Waals surface area contributed by atoms with Gasteiger partial charge in [0, 0.05) is 12.3 Å². The number of carbonyl (C=O) groups excluding carboxylic acids is 1. The van der Waals surface area contributed by atoms with E-state index in [1.54, 1.807) is 0 Å². The summed E-state index contributed by atoms with van der Waals surface area (Å²) in [6.45, 7) is 3.88. The van der Waals surface area contributed by atoms with E-state index in [2.05, 4.69) is 10.6 Å². The monoisotopic (exact) mass is 248 g/mol. The van der Waals surface area contributed by atoms with Crippen LogP contribution in [0.25, 0.3) is 0 Å². The second-order valence-corrected chi connectivity index (χ2v) is 6.65.